The van der Waals surface area contributed by atoms with Crippen LogP contribution in [0.5, 0.6) is 5.75 Å². The molecule has 1 N–H and O–H groups in total. The van der Waals surface area contributed by atoms with Crippen molar-refractivity contribution in [2.75, 3.05) is 44.2 Å². The molecule has 0 radical (unpaired) electrons. The number of amides is 1. The second kappa shape index (κ2) is 9.07. The van der Waals surface area contributed by atoms with Crippen LogP contribution in [0.25, 0.3) is 5.65 Å². The van der Waals surface area contributed by atoms with Crippen LogP contribution in [0.4, 0.5) is 5.82 Å². The van der Waals surface area contributed by atoms with Crippen LogP contribution >= 0.6 is 11.6 Å². The molecule has 2 aromatic heterocycles. The Balaban J connectivity index is 1.10. The smallest absolute Gasteiger partial charge is 0.229 e. The average Bonchev–Trinajstić information content (AvgIpc) is 3.16. The van der Waals surface area contributed by atoms with Gasteiger partial charge in [0, 0.05) is 63.6 Å². The highest BCUT2D eigenvalue weighted by Gasteiger charge is 2.39. The van der Waals surface area contributed by atoms with Crippen LogP contribution in [0.1, 0.15) is 24.1 Å². The van der Waals surface area contributed by atoms with Gasteiger partial charge in [0.15, 0.2) is 5.65 Å². The Kier molecular flexibility index (Phi) is 5.79. The van der Waals surface area contributed by atoms with E-state index >= 15 is 0 Å². The lowest BCUT2D eigenvalue weighted by atomic mass is 9.95. The molecule has 2 fully saturated rings. The van der Waals surface area contributed by atoms with Crippen molar-refractivity contribution < 1.29 is 9.53 Å². The minimum Gasteiger partial charge on any atom is -0.489 e. The van der Waals surface area contributed by atoms with Crippen molar-refractivity contribution in [3.05, 3.63) is 52.8 Å². The number of hydrogen-bond donors (Lipinski definition) is 1. The summed E-state index contributed by atoms with van der Waals surface area (Å²) >= 11 is 6.23. The number of carbonyl (C=O) groups excluding carboxylic acids is 1. The maximum absolute atomic E-state index is 13.2. The van der Waals surface area contributed by atoms with Gasteiger partial charge in [-0.3, -0.25) is 4.79 Å². The predicted molar refractivity (Wildman–Crippen MR) is 131 cm³/mol. The fourth-order valence-corrected chi connectivity index (χ4v) is 5.50. The largest absolute Gasteiger partial charge is 0.489 e. The lowest BCUT2D eigenvalue weighted by Crippen LogP contribution is -2.57. The number of anilines is 1. The molecule has 34 heavy (non-hydrogen) atoms. The van der Waals surface area contributed by atoms with Crippen LogP contribution in [0.15, 0.2) is 36.5 Å². The van der Waals surface area contributed by atoms with Crippen LogP contribution < -0.4 is 15.0 Å². The molecule has 2 saturated heterocycles. The Morgan fingerprint density at radius 1 is 1.09 bits per heavy atom. The molecule has 178 valence electrons. The third-order valence-corrected chi connectivity index (χ3v) is 7.51. The van der Waals surface area contributed by atoms with Gasteiger partial charge in [0.2, 0.25) is 5.91 Å². The minimum absolute atomic E-state index is 0.0272. The van der Waals surface area contributed by atoms with Crippen molar-refractivity contribution >= 4 is 29.0 Å². The number of nitrogens with zero attached hydrogens (tertiary/aromatic N) is 5. The summed E-state index contributed by atoms with van der Waals surface area (Å²) < 4.78 is 8.03. The first-order valence-electron chi connectivity index (χ1n) is 12.2. The van der Waals surface area contributed by atoms with Gasteiger partial charge in [-0.25, -0.2) is 4.98 Å². The normalized spacial score (nSPS) is 19.6. The first kappa shape index (κ1) is 21.7. The van der Waals surface area contributed by atoms with Crippen LogP contribution in [0, 0.1) is 5.92 Å². The van der Waals surface area contributed by atoms with E-state index in [9.17, 15) is 4.79 Å². The van der Waals surface area contributed by atoms with E-state index in [-0.39, 0.29) is 17.9 Å². The highest BCUT2D eigenvalue weighted by molar-refractivity contribution is 6.32. The third kappa shape index (κ3) is 3.99. The van der Waals surface area contributed by atoms with E-state index in [4.69, 9.17) is 21.3 Å². The summed E-state index contributed by atoms with van der Waals surface area (Å²) in [7, 11) is 0. The summed E-state index contributed by atoms with van der Waals surface area (Å²) in [5, 5.41) is 8.64. The molecule has 0 spiro atoms. The molecule has 3 aliphatic rings. The number of halogens is 1. The Morgan fingerprint density at radius 2 is 1.88 bits per heavy atom. The van der Waals surface area contributed by atoms with Gasteiger partial charge in [0.05, 0.1) is 22.8 Å². The Bertz CT molecular complexity index is 1200. The van der Waals surface area contributed by atoms with Crippen LogP contribution in [-0.2, 0) is 17.6 Å². The second-order valence-corrected chi connectivity index (χ2v) is 9.79. The molecular weight excluding hydrogens is 452 g/mol. The zero-order valence-electron chi connectivity index (χ0n) is 19.1. The lowest BCUT2D eigenvalue weighted by Gasteiger charge is -2.44. The SMILES string of the molecule is O=C(C1CN(c2c3c(nc4ccnn24)CCNCC3)C1)N1CCC(Oc2ccccc2Cl)CC1. The van der Waals surface area contributed by atoms with E-state index in [0.29, 0.717) is 5.02 Å². The molecule has 9 heteroatoms. The van der Waals surface area contributed by atoms with Gasteiger partial charge in [0.25, 0.3) is 0 Å². The van der Waals surface area contributed by atoms with E-state index < -0.39 is 0 Å². The number of rotatable bonds is 4. The molecule has 8 nitrogen and oxygen atoms in total. The van der Waals surface area contributed by atoms with Crippen molar-refractivity contribution in [3.8, 4) is 5.75 Å². The molecule has 5 heterocycles. The number of nitrogens with one attached hydrogen (secondary N) is 1. The van der Waals surface area contributed by atoms with Crippen molar-refractivity contribution in [1.29, 1.82) is 0 Å². The first-order valence-corrected chi connectivity index (χ1v) is 12.6. The first-order chi connectivity index (χ1) is 16.7. The number of aromatic nitrogens is 3. The Labute approximate surface area is 203 Å². The van der Waals surface area contributed by atoms with Crippen molar-refractivity contribution in [2.24, 2.45) is 5.92 Å². The van der Waals surface area contributed by atoms with E-state index in [2.05, 4.69) is 15.3 Å². The quantitative estimate of drug-likeness (QED) is 0.618. The number of benzene rings is 1. The molecule has 0 unspecified atom stereocenters. The van der Waals surface area contributed by atoms with Gasteiger partial charge >= 0.3 is 0 Å². The summed E-state index contributed by atoms with van der Waals surface area (Å²) in [5.74, 6) is 2.12. The van der Waals surface area contributed by atoms with E-state index in [1.807, 2.05) is 39.7 Å². The molecule has 0 atom stereocenters. The lowest BCUT2D eigenvalue weighted by molar-refractivity contribution is -0.138. The Hall–Kier alpha value is -2.84. The summed E-state index contributed by atoms with van der Waals surface area (Å²) in [4.78, 5) is 22.4. The maximum atomic E-state index is 13.2. The summed E-state index contributed by atoms with van der Waals surface area (Å²) in [6, 6.07) is 9.52. The van der Waals surface area contributed by atoms with Crippen molar-refractivity contribution in [1.82, 2.24) is 24.8 Å². The average molecular weight is 481 g/mol. The fraction of sp³-hybridized carbons (Fsp3) is 0.480. The molecule has 0 saturated carbocycles. The summed E-state index contributed by atoms with van der Waals surface area (Å²) in [5.41, 5.74) is 3.30. The number of likely N-dealkylation sites (tertiary alicyclic amines) is 1. The van der Waals surface area contributed by atoms with Crippen molar-refractivity contribution in [3.63, 3.8) is 0 Å². The molecule has 1 aromatic carbocycles. The molecule has 3 aromatic rings. The van der Waals surface area contributed by atoms with Crippen LogP contribution in [0.2, 0.25) is 5.02 Å². The molecule has 0 bridgehead atoms. The van der Waals surface area contributed by atoms with Gasteiger partial charge in [-0.2, -0.15) is 9.61 Å². The van der Waals surface area contributed by atoms with Crippen LogP contribution in [0.3, 0.4) is 0 Å². The van der Waals surface area contributed by atoms with E-state index in [1.54, 1.807) is 6.20 Å². The zero-order valence-corrected chi connectivity index (χ0v) is 19.9. The van der Waals surface area contributed by atoms with Crippen LogP contribution in [-0.4, -0.2) is 70.8 Å². The molecular formula is C25H29ClN6O2. The summed E-state index contributed by atoms with van der Waals surface area (Å²) in [6.07, 6.45) is 5.40. The maximum Gasteiger partial charge on any atom is 0.229 e. The fourth-order valence-electron chi connectivity index (χ4n) is 5.32. The minimum atomic E-state index is 0.0272. The van der Waals surface area contributed by atoms with Gasteiger partial charge in [-0.1, -0.05) is 23.7 Å². The number of ether oxygens (including phenoxy) is 1. The number of hydrogen-bond acceptors (Lipinski definition) is 6. The second-order valence-electron chi connectivity index (χ2n) is 9.39. The zero-order chi connectivity index (χ0) is 23.1. The van der Waals surface area contributed by atoms with E-state index in [0.717, 1.165) is 87.9 Å². The van der Waals surface area contributed by atoms with Gasteiger partial charge in [-0.05, 0) is 25.1 Å². The standard InChI is InChI=1S/C25H29ClN6O2/c26-20-3-1-2-4-22(20)34-18-8-13-30(14-9-18)25(33)17-15-31(16-17)24-19-5-10-27-11-6-21(19)29-23-7-12-28-32(23)24/h1-4,7,12,17-18,27H,5-6,8-11,13-16H2. The van der Waals surface area contributed by atoms with Gasteiger partial charge < -0.3 is 19.9 Å². The highest BCUT2D eigenvalue weighted by Crippen LogP contribution is 2.33. The topological polar surface area (TPSA) is 75.0 Å². The molecule has 3 aliphatic heterocycles. The van der Waals surface area contributed by atoms with Gasteiger partial charge in [0.1, 0.15) is 17.7 Å². The monoisotopic (exact) mass is 480 g/mol. The molecule has 1 amide bonds. The highest BCUT2D eigenvalue weighted by atomic mass is 35.5. The third-order valence-electron chi connectivity index (χ3n) is 7.20. The number of fused-ring (bicyclic) bond motifs is 2. The van der Waals surface area contributed by atoms with Crippen molar-refractivity contribution in [2.45, 2.75) is 31.8 Å². The Morgan fingerprint density at radius 3 is 2.71 bits per heavy atom. The molecule has 6 rings (SSSR count). The van der Waals surface area contributed by atoms with E-state index in [1.165, 1.54) is 5.56 Å². The summed E-state index contributed by atoms with van der Waals surface area (Å²) in [6.45, 7) is 4.80. The number of carbonyl (C=O) groups is 1. The molecule has 0 aliphatic carbocycles. The number of para-hydroxylation sites is 1. The predicted octanol–water partition coefficient (Wildman–Crippen LogP) is 2.58. The number of piperidine rings is 1. The van der Waals surface area contributed by atoms with Gasteiger partial charge in [-0.15, -0.1) is 0 Å².